The van der Waals surface area contributed by atoms with Gasteiger partial charge in [-0.15, -0.1) is 0 Å². The summed E-state index contributed by atoms with van der Waals surface area (Å²) in [7, 11) is 0. The third kappa shape index (κ3) is 2.51. The van der Waals surface area contributed by atoms with Gasteiger partial charge in [0.15, 0.2) is 17.0 Å². The van der Waals surface area contributed by atoms with Crippen LogP contribution in [0.15, 0.2) is 18.9 Å². The van der Waals surface area contributed by atoms with Crippen molar-refractivity contribution in [3.05, 3.63) is 35.9 Å². The van der Waals surface area contributed by atoms with Gasteiger partial charge in [-0.3, -0.25) is 0 Å². The van der Waals surface area contributed by atoms with Gasteiger partial charge in [0.05, 0.1) is 12.0 Å². The Balaban J connectivity index is 1.36. The molecule has 6 rings (SSSR count). The standard InChI is InChI=1S/C21H25N7O/c1-12-22-7-13-8-27(6-5-17(13)26-12)20-18-21(24-10-23-20)28(11-25-18)19-15-4-2-3-14(15)16(19)9-29/h7,10-11,14-16,19,29H,2-6,8-9H2,1H3/t14-,15+,16-,19-/m0/s1. The summed E-state index contributed by atoms with van der Waals surface area (Å²) in [5.41, 5.74) is 4.02. The molecule has 150 valence electrons. The number of aryl methyl sites for hydroxylation is 1. The maximum absolute atomic E-state index is 9.96. The lowest BCUT2D eigenvalue weighted by molar-refractivity contribution is -0.0227. The summed E-state index contributed by atoms with van der Waals surface area (Å²) in [6.07, 6.45) is 10.1. The number of hydrogen-bond acceptors (Lipinski definition) is 7. The van der Waals surface area contributed by atoms with E-state index in [4.69, 9.17) is 4.98 Å². The first-order chi connectivity index (χ1) is 14.2. The van der Waals surface area contributed by atoms with E-state index in [1.54, 1.807) is 6.33 Å². The predicted octanol–water partition coefficient (Wildman–Crippen LogP) is 2.07. The van der Waals surface area contributed by atoms with E-state index in [2.05, 4.69) is 29.4 Å². The zero-order chi connectivity index (χ0) is 19.5. The van der Waals surface area contributed by atoms with E-state index >= 15 is 0 Å². The molecule has 0 aromatic carbocycles. The number of aromatic nitrogens is 6. The van der Waals surface area contributed by atoms with Gasteiger partial charge in [0.1, 0.15) is 12.2 Å². The van der Waals surface area contributed by atoms with Crippen LogP contribution in [-0.2, 0) is 13.0 Å². The number of aliphatic hydroxyl groups excluding tert-OH is 1. The molecule has 0 bridgehead atoms. The molecule has 4 atom stereocenters. The van der Waals surface area contributed by atoms with Gasteiger partial charge >= 0.3 is 0 Å². The summed E-state index contributed by atoms with van der Waals surface area (Å²) >= 11 is 0. The summed E-state index contributed by atoms with van der Waals surface area (Å²) in [5.74, 6) is 3.32. The fraction of sp³-hybridized carbons (Fsp3) is 0.571. The number of anilines is 1. The van der Waals surface area contributed by atoms with Crippen molar-refractivity contribution < 1.29 is 5.11 Å². The maximum atomic E-state index is 9.96. The minimum absolute atomic E-state index is 0.242. The highest BCUT2D eigenvalue weighted by atomic mass is 16.3. The van der Waals surface area contributed by atoms with Crippen LogP contribution in [-0.4, -0.2) is 47.7 Å². The number of hydrogen-bond donors (Lipinski definition) is 1. The fourth-order valence-electron chi connectivity index (χ4n) is 5.94. The largest absolute Gasteiger partial charge is 0.396 e. The number of nitrogens with zero attached hydrogens (tertiary/aromatic N) is 7. The SMILES string of the molecule is Cc1ncc2c(n1)CCN(c1ncnc3c1ncn3[C@H]1[C@@H]3CCC[C@@H]3[C@@H]1CO)C2. The summed E-state index contributed by atoms with van der Waals surface area (Å²) in [4.78, 5) is 25.1. The Kier molecular flexibility index (Phi) is 3.84. The molecule has 3 aromatic rings. The molecule has 3 aliphatic rings. The van der Waals surface area contributed by atoms with Crippen LogP contribution in [0.2, 0.25) is 0 Å². The van der Waals surface area contributed by atoms with E-state index in [-0.39, 0.29) is 6.61 Å². The highest BCUT2D eigenvalue weighted by Crippen LogP contribution is 2.58. The van der Waals surface area contributed by atoms with Crippen molar-refractivity contribution in [3.8, 4) is 0 Å². The second-order valence-corrected chi connectivity index (χ2v) is 8.68. The van der Waals surface area contributed by atoms with Crippen molar-refractivity contribution in [3.63, 3.8) is 0 Å². The number of aliphatic hydroxyl groups is 1. The summed E-state index contributed by atoms with van der Waals surface area (Å²) < 4.78 is 2.21. The topological polar surface area (TPSA) is 92.9 Å². The van der Waals surface area contributed by atoms with Gasteiger partial charge in [-0.05, 0) is 31.6 Å². The summed E-state index contributed by atoms with van der Waals surface area (Å²) in [6.45, 7) is 3.77. The first-order valence-electron chi connectivity index (χ1n) is 10.6. The van der Waals surface area contributed by atoms with Crippen LogP contribution in [0.5, 0.6) is 0 Å². The molecule has 0 radical (unpaired) electrons. The van der Waals surface area contributed by atoms with E-state index in [1.807, 2.05) is 19.4 Å². The molecule has 3 aromatic heterocycles. The third-order valence-corrected chi connectivity index (χ3v) is 7.28. The first-order valence-corrected chi connectivity index (χ1v) is 10.6. The molecule has 8 nitrogen and oxygen atoms in total. The van der Waals surface area contributed by atoms with Crippen LogP contribution in [0.3, 0.4) is 0 Å². The summed E-state index contributed by atoms with van der Waals surface area (Å²) in [5, 5.41) is 9.96. The Labute approximate surface area is 169 Å². The lowest BCUT2D eigenvalue weighted by atomic mass is 9.62. The van der Waals surface area contributed by atoms with Crippen LogP contribution in [0.1, 0.15) is 42.4 Å². The van der Waals surface area contributed by atoms with Crippen LogP contribution in [0, 0.1) is 24.7 Å². The van der Waals surface area contributed by atoms with Gasteiger partial charge < -0.3 is 14.6 Å². The number of rotatable bonds is 3. The predicted molar refractivity (Wildman–Crippen MR) is 107 cm³/mol. The minimum atomic E-state index is 0.242. The zero-order valence-electron chi connectivity index (χ0n) is 16.6. The van der Waals surface area contributed by atoms with Gasteiger partial charge in [0, 0.05) is 49.8 Å². The third-order valence-electron chi connectivity index (χ3n) is 7.28. The molecule has 2 saturated carbocycles. The Bertz CT molecular complexity index is 1080. The van der Waals surface area contributed by atoms with Gasteiger partial charge in [0.25, 0.3) is 0 Å². The van der Waals surface area contributed by atoms with Gasteiger partial charge in [-0.25, -0.2) is 24.9 Å². The van der Waals surface area contributed by atoms with E-state index in [0.717, 1.165) is 53.6 Å². The lowest BCUT2D eigenvalue weighted by Gasteiger charge is -2.48. The molecule has 2 fully saturated rings. The first kappa shape index (κ1) is 17.3. The number of fused-ring (bicyclic) bond motifs is 3. The van der Waals surface area contributed by atoms with Crippen LogP contribution in [0.25, 0.3) is 11.2 Å². The highest BCUT2D eigenvalue weighted by Gasteiger charge is 2.53. The van der Waals surface area contributed by atoms with Crippen molar-refractivity contribution in [2.45, 2.75) is 45.2 Å². The van der Waals surface area contributed by atoms with Gasteiger partial charge in [0.2, 0.25) is 0 Å². The zero-order valence-corrected chi connectivity index (χ0v) is 16.6. The Morgan fingerprint density at radius 1 is 1.14 bits per heavy atom. The highest BCUT2D eigenvalue weighted by molar-refractivity contribution is 5.83. The molecule has 4 heterocycles. The van der Waals surface area contributed by atoms with Crippen LogP contribution >= 0.6 is 0 Å². The Hall–Kier alpha value is -2.61. The second-order valence-electron chi connectivity index (χ2n) is 8.68. The molecule has 2 aliphatic carbocycles. The quantitative estimate of drug-likeness (QED) is 0.730. The second kappa shape index (κ2) is 6.45. The fourth-order valence-corrected chi connectivity index (χ4v) is 5.94. The average Bonchev–Trinajstić information content (AvgIpc) is 3.34. The van der Waals surface area contributed by atoms with E-state index in [1.165, 1.54) is 19.3 Å². The molecular weight excluding hydrogens is 366 g/mol. The van der Waals surface area contributed by atoms with E-state index in [0.29, 0.717) is 23.8 Å². The average molecular weight is 391 g/mol. The Morgan fingerprint density at radius 2 is 2.03 bits per heavy atom. The van der Waals surface area contributed by atoms with Gasteiger partial charge in [-0.2, -0.15) is 0 Å². The molecule has 0 spiro atoms. The van der Waals surface area contributed by atoms with Crippen molar-refractivity contribution in [1.82, 2.24) is 29.5 Å². The smallest absolute Gasteiger partial charge is 0.165 e. The van der Waals surface area contributed by atoms with Crippen LogP contribution < -0.4 is 4.90 Å². The monoisotopic (exact) mass is 391 g/mol. The van der Waals surface area contributed by atoms with Gasteiger partial charge in [-0.1, -0.05) is 6.42 Å². The van der Waals surface area contributed by atoms with Crippen LogP contribution in [0.4, 0.5) is 5.82 Å². The molecular formula is C21H25N7O. The molecule has 0 amide bonds. The minimum Gasteiger partial charge on any atom is -0.396 e. The van der Waals surface area contributed by atoms with Crippen molar-refractivity contribution in [1.29, 1.82) is 0 Å². The molecule has 0 saturated heterocycles. The molecule has 29 heavy (non-hydrogen) atoms. The van der Waals surface area contributed by atoms with E-state index in [9.17, 15) is 5.11 Å². The molecule has 0 unspecified atom stereocenters. The van der Waals surface area contributed by atoms with E-state index < -0.39 is 0 Å². The summed E-state index contributed by atoms with van der Waals surface area (Å²) in [6, 6.07) is 0.304. The van der Waals surface area contributed by atoms with Crippen molar-refractivity contribution in [2.75, 3.05) is 18.1 Å². The van der Waals surface area contributed by atoms with Crippen molar-refractivity contribution >= 4 is 17.0 Å². The molecule has 1 N–H and O–H groups in total. The van der Waals surface area contributed by atoms with Crippen molar-refractivity contribution in [2.24, 2.45) is 17.8 Å². The normalized spacial score (nSPS) is 28.3. The maximum Gasteiger partial charge on any atom is 0.165 e. The molecule has 1 aliphatic heterocycles. The Morgan fingerprint density at radius 3 is 2.93 bits per heavy atom. The lowest BCUT2D eigenvalue weighted by Crippen LogP contribution is -2.46. The molecule has 8 heteroatoms. The number of imidazole rings is 1.